The minimum Gasteiger partial charge on any atom is -0.495 e. The number of nitrogens with one attached hydrogen (secondary N) is 2. The molecule has 0 spiro atoms. The van der Waals surface area contributed by atoms with Gasteiger partial charge in [0.1, 0.15) is 12.3 Å². The highest BCUT2D eigenvalue weighted by Crippen LogP contribution is 2.28. The lowest BCUT2D eigenvalue weighted by atomic mass is 10.2. The van der Waals surface area contributed by atoms with Crippen LogP contribution in [0.25, 0.3) is 0 Å². The van der Waals surface area contributed by atoms with E-state index in [-0.39, 0.29) is 23.8 Å². The Bertz CT molecular complexity index is 830. The smallest absolute Gasteiger partial charge is 0.279 e. The van der Waals surface area contributed by atoms with Crippen LogP contribution in [0.1, 0.15) is 5.56 Å². The van der Waals surface area contributed by atoms with Crippen LogP contribution in [0, 0.1) is 10.1 Å². The molecule has 1 atom stereocenters. The highest BCUT2D eigenvalue weighted by Gasteiger charge is 2.17. The molecule has 0 saturated heterocycles. The molecule has 0 fully saturated rings. The second-order valence-electron chi connectivity index (χ2n) is 5.71. The SMILES string of the molecule is COc1ccc([N+](=O)[O-])cc1NC(=O)C[NH+](C)Cc1cccc(Cl)c1Cl. The topological polar surface area (TPSA) is 85.9 Å². The van der Waals surface area contributed by atoms with Gasteiger partial charge in [-0.15, -0.1) is 0 Å². The third-order valence-electron chi connectivity index (χ3n) is 3.65. The fraction of sp³-hybridized carbons (Fsp3) is 0.235. The predicted octanol–water partition coefficient (Wildman–Crippen LogP) is 2.56. The average Bonchev–Trinajstić information content (AvgIpc) is 2.58. The van der Waals surface area contributed by atoms with Gasteiger partial charge in [-0.3, -0.25) is 14.9 Å². The van der Waals surface area contributed by atoms with Crippen molar-refractivity contribution in [2.24, 2.45) is 0 Å². The molecule has 1 amide bonds. The molecule has 0 saturated carbocycles. The van der Waals surface area contributed by atoms with E-state index in [0.717, 1.165) is 10.5 Å². The number of benzene rings is 2. The number of methoxy groups -OCH3 is 1. The molecule has 1 unspecified atom stereocenters. The van der Waals surface area contributed by atoms with Crippen molar-refractivity contribution >= 4 is 40.5 Å². The van der Waals surface area contributed by atoms with Crippen molar-refractivity contribution in [1.29, 1.82) is 0 Å². The minimum absolute atomic E-state index is 0.132. The maximum absolute atomic E-state index is 12.3. The molecule has 138 valence electrons. The van der Waals surface area contributed by atoms with Crippen LogP contribution < -0.4 is 15.0 Å². The molecule has 0 aromatic heterocycles. The Labute approximate surface area is 160 Å². The Morgan fingerprint density at radius 3 is 2.69 bits per heavy atom. The summed E-state index contributed by atoms with van der Waals surface area (Å²) in [5.41, 5.74) is 0.949. The third kappa shape index (κ3) is 5.08. The van der Waals surface area contributed by atoms with E-state index in [4.69, 9.17) is 27.9 Å². The third-order valence-corrected chi connectivity index (χ3v) is 4.51. The lowest BCUT2D eigenvalue weighted by Gasteiger charge is -2.16. The summed E-state index contributed by atoms with van der Waals surface area (Å²) in [4.78, 5) is 23.5. The van der Waals surface area contributed by atoms with Crippen LogP contribution in [0.15, 0.2) is 36.4 Å². The van der Waals surface area contributed by atoms with E-state index in [1.54, 1.807) is 12.1 Å². The zero-order chi connectivity index (χ0) is 19.3. The molecule has 2 N–H and O–H groups in total. The molecule has 0 radical (unpaired) electrons. The average molecular weight is 399 g/mol. The number of hydrogen-bond donors (Lipinski definition) is 2. The van der Waals surface area contributed by atoms with Gasteiger partial charge in [0, 0.05) is 17.7 Å². The Morgan fingerprint density at radius 1 is 1.31 bits per heavy atom. The molecule has 0 aliphatic rings. The number of anilines is 1. The first-order valence-corrected chi connectivity index (χ1v) is 8.44. The standard InChI is InChI=1S/C17H17Cl2N3O4/c1-21(9-11-4-3-5-13(18)17(11)19)10-16(23)20-14-8-12(22(24)25)6-7-15(14)26-2/h3-8H,9-10H2,1-2H3,(H,20,23)/p+1. The fourth-order valence-corrected chi connectivity index (χ4v) is 2.84. The van der Waals surface area contributed by atoms with Crippen LogP contribution in [0.3, 0.4) is 0 Å². The van der Waals surface area contributed by atoms with Crippen molar-refractivity contribution in [2.75, 3.05) is 26.0 Å². The largest absolute Gasteiger partial charge is 0.495 e. The monoisotopic (exact) mass is 398 g/mol. The zero-order valence-corrected chi connectivity index (χ0v) is 15.7. The Hall–Kier alpha value is -2.35. The van der Waals surface area contributed by atoms with Gasteiger partial charge in [-0.2, -0.15) is 0 Å². The number of quaternary nitrogens is 1. The maximum atomic E-state index is 12.3. The van der Waals surface area contributed by atoms with E-state index in [2.05, 4.69) is 5.32 Å². The van der Waals surface area contributed by atoms with Gasteiger partial charge in [0.2, 0.25) is 0 Å². The maximum Gasteiger partial charge on any atom is 0.279 e. The number of amides is 1. The van der Waals surface area contributed by atoms with Gasteiger partial charge in [-0.05, 0) is 12.1 Å². The van der Waals surface area contributed by atoms with Crippen LogP contribution in [0.4, 0.5) is 11.4 Å². The zero-order valence-electron chi connectivity index (χ0n) is 14.2. The molecule has 7 nitrogen and oxygen atoms in total. The summed E-state index contributed by atoms with van der Waals surface area (Å²) in [6.45, 7) is 0.633. The molecule has 2 rings (SSSR count). The van der Waals surface area contributed by atoms with E-state index < -0.39 is 4.92 Å². The molecule has 2 aromatic carbocycles. The van der Waals surface area contributed by atoms with Gasteiger partial charge in [0.15, 0.2) is 6.54 Å². The number of likely N-dealkylation sites (N-methyl/N-ethyl adjacent to an activating group) is 1. The highest BCUT2D eigenvalue weighted by atomic mass is 35.5. The second kappa shape index (κ2) is 8.84. The number of halogens is 2. The lowest BCUT2D eigenvalue weighted by molar-refractivity contribution is -0.885. The summed E-state index contributed by atoms with van der Waals surface area (Å²) >= 11 is 12.2. The lowest BCUT2D eigenvalue weighted by Crippen LogP contribution is -3.08. The van der Waals surface area contributed by atoms with Crippen molar-refractivity contribution in [3.05, 3.63) is 62.1 Å². The van der Waals surface area contributed by atoms with E-state index in [0.29, 0.717) is 22.3 Å². The molecule has 2 aromatic rings. The number of nitrogens with zero attached hydrogens (tertiary/aromatic N) is 1. The normalized spacial score (nSPS) is 11.7. The molecule has 26 heavy (non-hydrogen) atoms. The number of nitro groups is 1. The summed E-state index contributed by atoms with van der Waals surface area (Å²) in [7, 11) is 3.26. The summed E-state index contributed by atoms with van der Waals surface area (Å²) in [5.74, 6) is 0.0407. The van der Waals surface area contributed by atoms with E-state index in [1.807, 2.05) is 13.1 Å². The number of carbonyl (C=O) groups is 1. The van der Waals surface area contributed by atoms with Crippen molar-refractivity contribution < 1.29 is 19.4 Å². The first kappa shape index (κ1) is 20.0. The number of ether oxygens (including phenoxy) is 1. The van der Waals surface area contributed by atoms with Crippen molar-refractivity contribution in [1.82, 2.24) is 0 Å². The molecule has 9 heteroatoms. The van der Waals surface area contributed by atoms with Crippen LogP contribution in [-0.4, -0.2) is 31.5 Å². The van der Waals surface area contributed by atoms with Crippen molar-refractivity contribution in [3.63, 3.8) is 0 Å². The number of non-ortho nitro benzene ring substituents is 1. The van der Waals surface area contributed by atoms with Gasteiger partial charge in [0.25, 0.3) is 11.6 Å². The van der Waals surface area contributed by atoms with Crippen molar-refractivity contribution in [2.45, 2.75) is 6.54 Å². The highest BCUT2D eigenvalue weighted by molar-refractivity contribution is 6.42. The summed E-state index contributed by atoms with van der Waals surface area (Å²) in [6.07, 6.45) is 0. The number of rotatable bonds is 7. The summed E-state index contributed by atoms with van der Waals surface area (Å²) in [5, 5.41) is 14.5. The first-order chi connectivity index (χ1) is 12.3. The predicted molar refractivity (Wildman–Crippen MR) is 100 cm³/mol. The van der Waals surface area contributed by atoms with Crippen LogP contribution >= 0.6 is 23.2 Å². The van der Waals surface area contributed by atoms with Crippen LogP contribution in [-0.2, 0) is 11.3 Å². The molecule has 0 aliphatic heterocycles. The van der Waals surface area contributed by atoms with E-state index in [9.17, 15) is 14.9 Å². The molecular formula is C17H18Cl2N3O4+. The van der Waals surface area contributed by atoms with Gasteiger partial charge in [-0.1, -0.05) is 35.3 Å². The summed E-state index contributed by atoms with van der Waals surface area (Å²) < 4.78 is 5.13. The number of nitro benzene ring substituents is 1. The molecule has 0 heterocycles. The van der Waals surface area contributed by atoms with Gasteiger partial charge in [0.05, 0.1) is 34.8 Å². The molecule has 0 aliphatic carbocycles. The molecule has 0 bridgehead atoms. The van der Waals surface area contributed by atoms with E-state index in [1.165, 1.54) is 25.3 Å². The molecular weight excluding hydrogens is 381 g/mol. The second-order valence-corrected chi connectivity index (χ2v) is 6.50. The quantitative estimate of drug-likeness (QED) is 0.554. The summed E-state index contributed by atoms with van der Waals surface area (Å²) in [6, 6.07) is 9.36. The van der Waals surface area contributed by atoms with Crippen LogP contribution in [0.2, 0.25) is 10.0 Å². The number of carbonyl (C=O) groups excluding carboxylic acids is 1. The number of hydrogen-bond acceptors (Lipinski definition) is 4. The van der Waals surface area contributed by atoms with Gasteiger partial charge < -0.3 is 15.0 Å². The van der Waals surface area contributed by atoms with E-state index >= 15 is 0 Å². The Balaban J connectivity index is 2.05. The Morgan fingerprint density at radius 2 is 2.04 bits per heavy atom. The van der Waals surface area contributed by atoms with Crippen molar-refractivity contribution in [3.8, 4) is 5.75 Å². The Kier molecular flexibility index (Phi) is 6.79. The minimum atomic E-state index is -0.534. The first-order valence-electron chi connectivity index (χ1n) is 7.68. The van der Waals surface area contributed by atoms with Gasteiger partial charge in [-0.25, -0.2) is 0 Å². The van der Waals surface area contributed by atoms with Gasteiger partial charge >= 0.3 is 0 Å². The fourth-order valence-electron chi connectivity index (χ4n) is 2.45. The van der Waals surface area contributed by atoms with Crippen LogP contribution in [0.5, 0.6) is 5.75 Å².